The van der Waals surface area contributed by atoms with Gasteiger partial charge in [0.2, 0.25) is 0 Å². The maximum Gasteiger partial charge on any atom is 0.286 e. The zero-order valence-corrected chi connectivity index (χ0v) is 11.8. The highest BCUT2D eigenvalue weighted by Gasteiger charge is 2.26. The maximum absolute atomic E-state index is 12.4. The Bertz CT molecular complexity index is 516. The van der Waals surface area contributed by atoms with Gasteiger partial charge in [-0.25, -0.2) is 0 Å². The van der Waals surface area contributed by atoms with E-state index < -0.39 is 16.5 Å². The van der Waals surface area contributed by atoms with E-state index in [1.807, 2.05) is 6.92 Å². The second kappa shape index (κ2) is 6.74. The van der Waals surface area contributed by atoms with E-state index in [0.29, 0.717) is 13.1 Å². The molecule has 1 aromatic rings. The highest BCUT2D eigenvalue weighted by molar-refractivity contribution is 5.99. The first kappa shape index (κ1) is 15.7. The Morgan fingerprint density at radius 2 is 2.10 bits per heavy atom. The number of ether oxygens (including phenoxy) is 1. The fourth-order valence-corrected chi connectivity index (χ4v) is 1.89. The predicted molar refractivity (Wildman–Crippen MR) is 73.2 cm³/mol. The standard InChI is InChI=1S/C13H18N2O5/c1-4-6-14(5-2)13(17)9-7-12(20-3)11(16)8-10(9)15(18)19/h7-8,16H,4-6H2,1-3H3. The van der Waals surface area contributed by atoms with Crippen molar-refractivity contribution in [3.05, 3.63) is 27.8 Å². The van der Waals surface area contributed by atoms with Crippen LogP contribution < -0.4 is 4.74 Å². The number of carbonyl (C=O) groups is 1. The van der Waals surface area contributed by atoms with Gasteiger partial charge in [-0.15, -0.1) is 0 Å². The summed E-state index contributed by atoms with van der Waals surface area (Å²) in [4.78, 5) is 24.2. The van der Waals surface area contributed by atoms with Crippen LogP contribution in [0, 0.1) is 10.1 Å². The van der Waals surface area contributed by atoms with Crippen LogP contribution in [-0.2, 0) is 0 Å². The third-order valence-electron chi connectivity index (χ3n) is 2.89. The van der Waals surface area contributed by atoms with Crippen LogP contribution >= 0.6 is 0 Å². The van der Waals surface area contributed by atoms with E-state index in [2.05, 4.69) is 0 Å². The van der Waals surface area contributed by atoms with Gasteiger partial charge in [0.05, 0.1) is 18.1 Å². The summed E-state index contributed by atoms with van der Waals surface area (Å²) < 4.78 is 4.90. The number of carbonyl (C=O) groups excluding carboxylic acids is 1. The lowest BCUT2D eigenvalue weighted by molar-refractivity contribution is -0.385. The minimum absolute atomic E-state index is 0.0338. The summed E-state index contributed by atoms with van der Waals surface area (Å²) in [7, 11) is 1.32. The summed E-state index contributed by atoms with van der Waals surface area (Å²) in [6, 6.07) is 2.14. The average molecular weight is 282 g/mol. The number of hydrogen-bond donors (Lipinski definition) is 1. The molecule has 0 aliphatic heterocycles. The number of hydrogen-bond acceptors (Lipinski definition) is 5. The van der Waals surface area contributed by atoms with Gasteiger partial charge in [-0.1, -0.05) is 6.92 Å². The second-order valence-corrected chi connectivity index (χ2v) is 4.18. The molecule has 20 heavy (non-hydrogen) atoms. The molecule has 0 aromatic heterocycles. The molecular weight excluding hydrogens is 264 g/mol. The first-order valence-corrected chi connectivity index (χ1v) is 6.30. The molecule has 0 radical (unpaired) electrons. The Morgan fingerprint density at radius 3 is 2.55 bits per heavy atom. The highest BCUT2D eigenvalue weighted by Crippen LogP contribution is 2.34. The molecule has 1 N–H and O–H groups in total. The fraction of sp³-hybridized carbons (Fsp3) is 0.462. The molecule has 1 rings (SSSR count). The number of methoxy groups -OCH3 is 1. The molecule has 0 atom stereocenters. The van der Waals surface area contributed by atoms with Crippen molar-refractivity contribution >= 4 is 11.6 Å². The normalized spacial score (nSPS) is 10.2. The summed E-state index contributed by atoms with van der Waals surface area (Å²) in [5, 5.41) is 20.6. The lowest BCUT2D eigenvalue weighted by Gasteiger charge is -2.20. The first-order valence-electron chi connectivity index (χ1n) is 6.30. The SMILES string of the molecule is CCCN(CC)C(=O)c1cc(OC)c(O)cc1[N+](=O)[O-]. The molecule has 1 aromatic carbocycles. The van der Waals surface area contributed by atoms with Crippen molar-refractivity contribution in [1.29, 1.82) is 0 Å². The fourth-order valence-electron chi connectivity index (χ4n) is 1.89. The molecule has 0 bridgehead atoms. The summed E-state index contributed by atoms with van der Waals surface area (Å²) in [5.41, 5.74) is -0.511. The molecule has 7 heteroatoms. The van der Waals surface area contributed by atoms with E-state index in [1.54, 1.807) is 6.92 Å². The molecular formula is C13H18N2O5. The van der Waals surface area contributed by atoms with Gasteiger partial charge in [0, 0.05) is 19.2 Å². The topological polar surface area (TPSA) is 92.9 Å². The lowest BCUT2D eigenvalue weighted by atomic mass is 10.1. The Kier molecular flexibility index (Phi) is 5.31. The number of phenolic OH excluding ortho intramolecular Hbond substituents is 1. The Morgan fingerprint density at radius 1 is 1.45 bits per heavy atom. The van der Waals surface area contributed by atoms with Gasteiger partial charge in [0.15, 0.2) is 11.5 Å². The smallest absolute Gasteiger partial charge is 0.286 e. The number of amides is 1. The number of nitro benzene ring substituents is 1. The van der Waals surface area contributed by atoms with E-state index in [0.717, 1.165) is 12.5 Å². The Hall–Kier alpha value is -2.31. The minimum atomic E-state index is -0.688. The zero-order valence-electron chi connectivity index (χ0n) is 11.8. The van der Waals surface area contributed by atoms with Crippen molar-refractivity contribution in [2.45, 2.75) is 20.3 Å². The molecule has 0 spiro atoms. The molecule has 1 amide bonds. The summed E-state index contributed by atoms with van der Waals surface area (Å²) in [6.07, 6.45) is 0.753. The molecule has 0 aliphatic rings. The quantitative estimate of drug-likeness (QED) is 0.637. The second-order valence-electron chi connectivity index (χ2n) is 4.18. The number of nitrogens with zero attached hydrogens (tertiary/aromatic N) is 2. The largest absolute Gasteiger partial charge is 0.504 e. The molecule has 0 fully saturated rings. The van der Waals surface area contributed by atoms with Crippen LogP contribution in [0.5, 0.6) is 11.5 Å². The van der Waals surface area contributed by atoms with Crippen LogP contribution in [-0.4, -0.2) is 41.0 Å². The lowest BCUT2D eigenvalue weighted by Crippen LogP contribution is -2.32. The van der Waals surface area contributed by atoms with Crippen molar-refractivity contribution in [1.82, 2.24) is 4.90 Å². The van der Waals surface area contributed by atoms with E-state index >= 15 is 0 Å². The summed E-state index contributed by atoms with van der Waals surface area (Å²) in [6.45, 7) is 4.68. The number of aromatic hydroxyl groups is 1. The number of benzene rings is 1. The van der Waals surface area contributed by atoms with Gasteiger partial charge in [-0.3, -0.25) is 14.9 Å². The van der Waals surface area contributed by atoms with Crippen LogP contribution in [0.1, 0.15) is 30.6 Å². The van der Waals surface area contributed by atoms with Crippen LogP contribution in [0.4, 0.5) is 5.69 Å². The van der Waals surface area contributed by atoms with Crippen molar-refractivity contribution in [2.75, 3.05) is 20.2 Å². The summed E-state index contributed by atoms with van der Waals surface area (Å²) in [5.74, 6) is -0.778. The van der Waals surface area contributed by atoms with Gasteiger partial charge in [0.1, 0.15) is 5.56 Å². The van der Waals surface area contributed by atoms with E-state index in [4.69, 9.17) is 4.74 Å². The highest BCUT2D eigenvalue weighted by atomic mass is 16.6. The van der Waals surface area contributed by atoms with E-state index in [1.165, 1.54) is 18.1 Å². The van der Waals surface area contributed by atoms with Crippen molar-refractivity contribution in [2.24, 2.45) is 0 Å². The number of phenols is 1. The average Bonchev–Trinajstić information content (AvgIpc) is 2.43. The molecule has 110 valence electrons. The monoisotopic (exact) mass is 282 g/mol. The first-order chi connectivity index (χ1) is 9.46. The predicted octanol–water partition coefficient (Wildman–Crippen LogP) is 2.18. The van der Waals surface area contributed by atoms with Crippen LogP contribution in [0.15, 0.2) is 12.1 Å². The van der Waals surface area contributed by atoms with Gasteiger partial charge in [-0.05, 0) is 13.3 Å². The van der Waals surface area contributed by atoms with Crippen LogP contribution in [0.25, 0.3) is 0 Å². The van der Waals surface area contributed by atoms with Gasteiger partial charge < -0.3 is 14.7 Å². The van der Waals surface area contributed by atoms with Crippen LogP contribution in [0.3, 0.4) is 0 Å². The van der Waals surface area contributed by atoms with Crippen molar-refractivity contribution < 1.29 is 19.6 Å². The van der Waals surface area contributed by atoms with Gasteiger partial charge in [0.25, 0.3) is 11.6 Å². The zero-order chi connectivity index (χ0) is 15.3. The minimum Gasteiger partial charge on any atom is -0.504 e. The number of nitro groups is 1. The Labute approximate surface area is 116 Å². The van der Waals surface area contributed by atoms with E-state index in [-0.39, 0.29) is 17.1 Å². The Balaban J connectivity index is 3.33. The van der Waals surface area contributed by atoms with Crippen molar-refractivity contribution in [3.8, 4) is 11.5 Å². The third kappa shape index (κ3) is 3.17. The maximum atomic E-state index is 12.4. The molecule has 0 heterocycles. The van der Waals surface area contributed by atoms with Gasteiger partial charge in [-0.2, -0.15) is 0 Å². The molecule has 0 unspecified atom stereocenters. The number of rotatable bonds is 6. The van der Waals surface area contributed by atoms with E-state index in [9.17, 15) is 20.0 Å². The van der Waals surface area contributed by atoms with Crippen molar-refractivity contribution in [3.63, 3.8) is 0 Å². The molecule has 0 aliphatic carbocycles. The molecule has 0 saturated carbocycles. The molecule has 0 saturated heterocycles. The third-order valence-corrected chi connectivity index (χ3v) is 2.89. The van der Waals surface area contributed by atoms with Gasteiger partial charge >= 0.3 is 0 Å². The molecule has 7 nitrogen and oxygen atoms in total. The van der Waals surface area contributed by atoms with Crippen LogP contribution in [0.2, 0.25) is 0 Å². The summed E-state index contributed by atoms with van der Waals surface area (Å²) >= 11 is 0.